The highest BCUT2D eigenvalue weighted by Crippen LogP contribution is 2.58. The van der Waals surface area contributed by atoms with Gasteiger partial charge in [-0.05, 0) is 75.0 Å². The molecule has 0 heterocycles. The Morgan fingerprint density at radius 2 is 0.643 bits per heavy atom. The van der Waals surface area contributed by atoms with Crippen LogP contribution in [0.5, 0.6) is 0 Å². The maximum atomic E-state index is 2.02. The fourth-order valence-corrected chi connectivity index (χ4v) is 5.04. The van der Waals surface area contributed by atoms with E-state index in [4.69, 9.17) is 0 Å². The molecule has 0 unspecified atom stereocenters. The molecule has 0 aromatic carbocycles. The summed E-state index contributed by atoms with van der Waals surface area (Å²) in [6, 6.07) is 0. The minimum absolute atomic E-state index is 1.07. The minimum Gasteiger partial charge on any atom is -0.0642 e. The van der Waals surface area contributed by atoms with Gasteiger partial charge in [0.05, 0.1) is 0 Å². The van der Waals surface area contributed by atoms with E-state index in [2.05, 4.69) is 0 Å². The third-order valence-electron chi connectivity index (χ3n) is 5.55. The Kier molecular flexibility index (Phi) is 1.51. The maximum absolute atomic E-state index is 2.02. The zero-order chi connectivity index (χ0) is 9.12. The highest BCUT2D eigenvalue weighted by Gasteiger charge is 2.45. The van der Waals surface area contributed by atoms with Crippen molar-refractivity contribution in [3.05, 3.63) is 11.1 Å². The van der Waals surface area contributed by atoms with E-state index >= 15 is 0 Å². The monoisotopic (exact) mass is 188 g/mol. The standard InChI is InChI=1S/C14H20/c1-2-10-4-3-9(1)13(10)14-11-5-6-12(14)8-7-11/h9-12H,1-8H2. The molecule has 0 heteroatoms. The average Bonchev–Trinajstić information content (AvgIpc) is 2.92. The van der Waals surface area contributed by atoms with Crippen LogP contribution in [0.4, 0.5) is 0 Å². The summed E-state index contributed by atoms with van der Waals surface area (Å²) >= 11 is 0. The summed E-state index contributed by atoms with van der Waals surface area (Å²) < 4.78 is 0. The molecule has 4 aliphatic carbocycles. The van der Waals surface area contributed by atoms with Gasteiger partial charge in [0, 0.05) is 0 Å². The number of hydrogen-bond donors (Lipinski definition) is 0. The van der Waals surface area contributed by atoms with E-state index in [0.717, 1.165) is 23.7 Å². The largest absolute Gasteiger partial charge is 0.0642 e. The van der Waals surface area contributed by atoms with Crippen LogP contribution in [0.25, 0.3) is 0 Å². The first-order chi connectivity index (χ1) is 6.93. The third kappa shape index (κ3) is 0.857. The zero-order valence-electron chi connectivity index (χ0n) is 8.97. The number of rotatable bonds is 0. The summed E-state index contributed by atoms with van der Waals surface area (Å²) in [5, 5.41) is 0. The SMILES string of the molecule is C1CC2CCC1C2=C1C2CCC1CC2. The molecule has 0 saturated heterocycles. The third-order valence-corrected chi connectivity index (χ3v) is 5.55. The number of allylic oxidation sites excluding steroid dienone is 2. The molecule has 0 amide bonds. The van der Waals surface area contributed by atoms with Gasteiger partial charge in [0.2, 0.25) is 0 Å². The smallest absolute Gasteiger partial charge is 0.0197 e. The Bertz CT molecular complexity index is 225. The molecule has 4 rings (SSSR count). The minimum atomic E-state index is 1.07. The first-order valence-electron chi connectivity index (χ1n) is 6.67. The van der Waals surface area contributed by atoms with E-state index in [1.54, 1.807) is 51.4 Å². The Hall–Kier alpha value is -0.260. The van der Waals surface area contributed by atoms with Crippen molar-refractivity contribution in [3.8, 4) is 0 Å². The van der Waals surface area contributed by atoms with Crippen LogP contribution in [0.1, 0.15) is 51.4 Å². The quantitative estimate of drug-likeness (QED) is 0.505. The van der Waals surface area contributed by atoms with Crippen molar-refractivity contribution in [1.29, 1.82) is 0 Å². The van der Waals surface area contributed by atoms with Crippen molar-refractivity contribution in [2.75, 3.05) is 0 Å². The van der Waals surface area contributed by atoms with Crippen LogP contribution in [0, 0.1) is 23.7 Å². The highest BCUT2D eigenvalue weighted by atomic mass is 14.5. The zero-order valence-corrected chi connectivity index (χ0v) is 8.97. The average molecular weight is 188 g/mol. The van der Waals surface area contributed by atoms with Crippen molar-refractivity contribution < 1.29 is 0 Å². The van der Waals surface area contributed by atoms with Gasteiger partial charge in [-0.1, -0.05) is 11.1 Å². The van der Waals surface area contributed by atoms with Gasteiger partial charge >= 0.3 is 0 Å². The van der Waals surface area contributed by atoms with Crippen LogP contribution in [-0.4, -0.2) is 0 Å². The van der Waals surface area contributed by atoms with Crippen LogP contribution in [-0.2, 0) is 0 Å². The van der Waals surface area contributed by atoms with E-state index in [0.29, 0.717) is 0 Å². The summed E-state index contributed by atoms with van der Waals surface area (Å²) in [6.45, 7) is 0. The van der Waals surface area contributed by atoms with Gasteiger partial charge in [-0.15, -0.1) is 0 Å². The molecule has 0 nitrogen and oxygen atoms in total. The van der Waals surface area contributed by atoms with Crippen molar-refractivity contribution in [1.82, 2.24) is 0 Å². The number of fused-ring (bicyclic) bond motifs is 4. The molecule has 4 aliphatic rings. The lowest BCUT2D eigenvalue weighted by Crippen LogP contribution is -2.01. The molecule has 76 valence electrons. The summed E-state index contributed by atoms with van der Waals surface area (Å²) in [5.74, 6) is 4.26. The summed E-state index contributed by atoms with van der Waals surface area (Å²) in [7, 11) is 0. The second-order valence-corrected chi connectivity index (χ2v) is 6.01. The predicted molar refractivity (Wildman–Crippen MR) is 57.9 cm³/mol. The van der Waals surface area contributed by atoms with Gasteiger partial charge in [-0.2, -0.15) is 0 Å². The normalized spacial score (nSPS) is 49.7. The lowest BCUT2D eigenvalue weighted by Gasteiger charge is -2.13. The van der Waals surface area contributed by atoms with Crippen LogP contribution in [0.2, 0.25) is 0 Å². The molecule has 0 radical (unpaired) electrons. The summed E-state index contributed by atoms with van der Waals surface area (Å²) in [6.07, 6.45) is 12.4. The van der Waals surface area contributed by atoms with Gasteiger partial charge in [-0.3, -0.25) is 0 Å². The maximum Gasteiger partial charge on any atom is -0.0197 e. The molecule has 4 saturated carbocycles. The molecule has 0 aromatic rings. The van der Waals surface area contributed by atoms with Gasteiger partial charge in [-0.25, -0.2) is 0 Å². The molecular weight excluding hydrogens is 168 g/mol. The van der Waals surface area contributed by atoms with Crippen molar-refractivity contribution >= 4 is 0 Å². The first-order valence-corrected chi connectivity index (χ1v) is 6.67. The molecule has 0 atom stereocenters. The topological polar surface area (TPSA) is 0 Å². The molecule has 0 aliphatic heterocycles. The van der Waals surface area contributed by atoms with E-state index < -0.39 is 0 Å². The molecule has 0 aromatic heterocycles. The second kappa shape index (κ2) is 2.65. The molecule has 0 spiro atoms. The van der Waals surface area contributed by atoms with Gasteiger partial charge in [0.25, 0.3) is 0 Å². The highest BCUT2D eigenvalue weighted by molar-refractivity contribution is 5.34. The summed E-state index contributed by atoms with van der Waals surface area (Å²) in [4.78, 5) is 0. The van der Waals surface area contributed by atoms with Crippen LogP contribution >= 0.6 is 0 Å². The van der Waals surface area contributed by atoms with Crippen molar-refractivity contribution in [2.45, 2.75) is 51.4 Å². The Morgan fingerprint density at radius 1 is 0.429 bits per heavy atom. The Labute approximate surface area is 86.8 Å². The van der Waals surface area contributed by atoms with Crippen LogP contribution < -0.4 is 0 Å². The fraction of sp³-hybridized carbons (Fsp3) is 0.857. The van der Waals surface area contributed by atoms with Gasteiger partial charge in [0.1, 0.15) is 0 Å². The van der Waals surface area contributed by atoms with Gasteiger partial charge < -0.3 is 0 Å². The van der Waals surface area contributed by atoms with Crippen LogP contribution in [0.3, 0.4) is 0 Å². The molecule has 14 heavy (non-hydrogen) atoms. The predicted octanol–water partition coefficient (Wildman–Crippen LogP) is 3.92. The summed E-state index contributed by atoms with van der Waals surface area (Å²) in [5.41, 5.74) is 4.05. The molecule has 4 bridgehead atoms. The molecule has 0 N–H and O–H groups in total. The first kappa shape index (κ1) is 7.96. The fourth-order valence-electron chi connectivity index (χ4n) is 5.04. The second-order valence-electron chi connectivity index (χ2n) is 6.01. The molecular formula is C14H20. The lowest BCUT2D eigenvalue weighted by molar-refractivity contribution is 0.480. The van der Waals surface area contributed by atoms with E-state index in [1.165, 1.54) is 0 Å². The number of hydrogen-bond acceptors (Lipinski definition) is 0. The molecule has 4 fully saturated rings. The van der Waals surface area contributed by atoms with E-state index in [-0.39, 0.29) is 0 Å². The van der Waals surface area contributed by atoms with E-state index in [9.17, 15) is 0 Å². The van der Waals surface area contributed by atoms with Crippen LogP contribution in [0.15, 0.2) is 11.1 Å². The van der Waals surface area contributed by atoms with Crippen molar-refractivity contribution in [3.63, 3.8) is 0 Å². The Balaban J connectivity index is 1.82. The van der Waals surface area contributed by atoms with Crippen molar-refractivity contribution in [2.24, 2.45) is 23.7 Å². The Morgan fingerprint density at radius 3 is 0.857 bits per heavy atom. The van der Waals surface area contributed by atoms with E-state index in [1.807, 2.05) is 11.1 Å². The van der Waals surface area contributed by atoms with Gasteiger partial charge in [0.15, 0.2) is 0 Å². The lowest BCUT2D eigenvalue weighted by atomic mass is 9.92.